The predicted octanol–water partition coefficient (Wildman–Crippen LogP) is 3.82. The number of halogens is 1. The van der Waals surface area contributed by atoms with Gasteiger partial charge in [-0.1, -0.05) is 25.1 Å². The fraction of sp³-hybridized carbons (Fsp3) is 0.188. The van der Waals surface area contributed by atoms with E-state index in [-0.39, 0.29) is 6.04 Å². The molecular formula is C16H16ClN3O. The van der Waals surface area contributed by atoms with Crippen molar-refractivity contribution in [3.63, 3.8) is 0 Å². The van der Waals surface area contributed by atoms with Crippen LogP contribution in [0.2, 0.25) is 5.22 Å². The highest BCUT2D eigenvalue weighted by molar-refractivity contribution is 6.29. The van der Waals surface area contributed by atoms with Crippen molar-refractivity contribution in [2.24, 2.45) is 0 Å². The maximum atomic E-state index is 6.15. The minimum absolute atomic E-state index is 0.0658. The summed E-state index contributed by atoms with van der Waals surface area (Å²) in [7, 11) is 0. The molecule has 0 aliphatic carbocycles. The van der Waals surface area contributed by atoms with Crippen molar-refractivity contribution in [3.8, 4) is 5.69 Å². The Morgan fingerprint density at radius 3 is 2.71 bits per heavy atom. The first kappa shape index (κ1) is 13.9. The quantitative estimate of drug-likeness (QED) is 0.779. The van der Waals surface area contributed by atoms with Gasteiger partial charge >= 0.3 is 0 Å². The van der Waals surface area contributed by atoms with Gasteiger partial charge < -0.3 is 9.73 Å². The first-order valence-electron chi connectivity index (χ1n) is 6.87. The van der Waals surface area contributed by atoms with Gasteiger partial charge in [0.2, 0.25) is 0 Å². The van der Waals surface area contributed by atoms with Gasteiger partial charge in [-0.05, 0) is 42.4 Å². The van der Waals surface area contributed by atoms with Crippen LogP contribution in [-0.4, -0.2) is 16.3 Å². The van der Waals surface area contributed by atoms with E-state index in [1.54, 1.807) is 12.5 Å². The van der Waals surface area contributed by atoms with Crippen LogP contribution in [0.25, 0.3) is 5.69 Å². The molecule has 0 radical (unpaired) electrons. The summed E-state index contributed by atoms with van der Waals surface area (Å²) >= 11 is 6.15. The Labute approximate surface area is 128 Å². The van der Waals surface area contributed by atoms with Crippen molar-refractivity contribution in [2.45, 2.75) is 13.0 Å². The Bertz CT molecular complexity index is 705. The first-order chi connectivity index (χ1) is 10.3. The summed E-state index contributed by atoms with van der Waals surface area (Å²) < 4.78 is 7.14. The second kappa shape index (κ2) is 6.16. The maximum Gasteiger partial charge on any atom is 0.198 e. The molecule has 1 unspecified atom stereocenters. The minimum atomic E-state index is -0.0658. The number of para-hydroxylation sites is 1. The average molecular weight is 302 g/mol. The third-order valence-corrected chi connectivity index (χ3v) is 3.64. The Kier molecular flexibility index (Phi) is 4.08. The lowest BCUT2D eigenvalue weighted by Gasteiger charge is -2.18. The van der Waals surface area contributed by atoms with Crippen LogP contribution in [-0.2, 0) is 0 Å². The summed E-state index contributed by atoms with van der Waals surface area (Å²) in [5, 5.41) is 8.27. The van der Waals surface area contributed by atoms with Crippen LogP contribution in [0.15, 0.2) is 59.3 Å². The number of benzene rings is 1. The number of rotatable bonds is 5. The predicted molar refractivity (Wildman–Crippen MR) is 82.8 cm³/mol. The Morgan fingerprint density at radius 2 is 2.05 bits per heavy atom. The smallest absolute Gasteiger partial charge is 0.198 e. The molecule has 5 heteroatoms. The van der Waals surface area contributed by atoms with Gasteiger partial charge in [0.1, 0.15) is 0 Å². The van der Waals surface area contributed by atoms with E-state index in [0.717, 1.165) is 23.5 Å². The third-order valence-electron chi connectivity index (χ3n) is 3.33. The van der Waals surface area contributed by atoms with Crippen molar-refractivity contribution < 1.29 is 4.42 Å². The van der Waals surface area contributed by atoms with Crippen molar-refractivity contribution in [3.05, 3.63) is 71.4 Å². The van der Waals surface area contributed by atoms with Gasteiger partial charge in [0.15, 0.2) is 5.22 Å². The minimum Gasteiger partial charge on any atom is -0.453 e. The van der Waals surface area contributed by atoms with E-state index in [1.165, 1.54) is 0 Å². The fourth-order valence-electron chi connectivity index (χ4n) is 2.41. The molecule has 21 heavy (non-hydrogen) atoms. The molecule has 2 heterocycles. The van der Waals surface area contributed by atoms with E-state index < -0.39 is 0 Å². The number of nitrogens with one attached hydrogen (secondary N) is 1. The second-order valence-electron chi connectivity index (χ2n) is 4.64. The van der Waals surface area contributed by atoms with E-state index in [9.17, 15) is 0 Å². The standard InChI is InChI=1S/C16H16ClN3O/c1-2-18-15(13-9-11-21-16(13)17)14-8-10-19-20(14)12-6-4-3-5-7-12/h3-11,15,18H,2H2,1H3. The molecule has 0 saturated heterocycles. The van der Waals surface area contributed by atoms with Crippen LogP contribution in [0.3, 0.4) is 0 Å². The number of hydrogen-bond donors (Lipinski definition) is 1. The van der Waals surface area contributed by atoms with E-state index in [4.69, 9.17) is 16.0 Å². The highest BCUT2D eigenvalue weighted by atomic mass is 35.5. The topological polar surface area (TPSA) is 43.0 Å². The lowest BCUT2D eigenvalue weighted by atomic mass is 10.1. The SMILES string of the molecule is CCNC(c1ccoc1Cl)c1ccnn1-c1ccccc1. The Hall–Kier alpha value is -2.04. The largest absolute Gasteiger partial charge is 0.453 e. The van der Waals surface area contributed by atoms with Crippen LogP contribution < -0.4 is 5.32 Å². The molecule has 3 rings (SSSR count). The Morgan fingerprint density at radius 1 is 1.24 bits per heavy atom. The van der Waals surface area contributed by atoms with E-state index in [2.05, 4.69) is 17.3 Å². The summed E-state index contributed by atoms with van der Waals surface area (Å²) in [4.78, 5) is 0. The molecule has 0 aliphatic rings. The van der Waals surface area contributed by atoms with Crippen LogP contribution in [0.4, 0.5) is 0 Å². The summed E-state index contributed by atoms with van der Waals surface area (Å²) in [5.41, 5.74) is 2.95. The molecule has 0 saturated carbocycles. The fourth-order valence-corrected chi connectivity index (χ4v) is 2.63. The van der Waals surface area contributed by atoms with Gasteiger partial charge in [0.25, 0.3) is 0 Å². The lowest BCUT2D eigenvalue weighted by molar-refractivity contribution is 0.548. The number of hydrogen-bond acceptors (Lipinski definition) is 3. The lowest BCUT2D eigenvalue weighted by Crippen LogP contribution is -2.24. The molecule has 0 fully saturated rings. The summed E-state index contributed by atoms with van der Waals surface area (Å²) in [6.45, 7) is 2.87. The highest BCUT2D eigenvalue weighted by Gasteiger charge is 2.22. The number of aromatic nitrogens is 2. The summed E-state index contributed by atoms with van der Waals surface area (Å²) in [6.07, 6.45) is 3.39. The number of furan rings is 1. The average Bonchev–Trinajstić information content (AvgIpc) is 3.15. The zero-order valence-electron chi connectivity index (χ0n) is 11.7. The van der Waals surface area contributed by atoms with Gasteiger partial charge in [0, 0.05) is 11.8 Å². The van der Waals surface area contributed by atoms with Crippen molar-refractivity contribution >= 4 is 11.6 Å². The zero-order chi connectivity index (χ0) is 14.7. The first-order valence-corrected chi connectivity index (χ1v) is 7.24. The Balaban J connectivity index is 2.06. The van der Waals surface area contributed by atoms with E-state index in [1.807, 2.05) is 47.1 Å². The molecule has 1 aromatic carbocycles. The van der Waals surface area contributed by atoms with Gasteiger partial charge in [-0.3, -0.25) is 0 Å². The van der Waals surface area contributed by atoms with Crippen LogP contribution in [0.1, 0.15) is 24.2 Å². The van der Waals surface area contributed by atoms with Crippen LogP contribution >= 0.6 is 11.6 Å². The van der Waals surface area contributed by atoms with Gasteiger partial charge in [-0.25, -0.2) is 4.68 Å². The summed E-state index contributed by atoms with van der Waals surface area (Å²) in [6, 6.07) is 13.8. The molecule has 1 N–H and O–H groups in total. The zero-order valence-corrected chi connectivity index (χ0v) is 12.4. The third kappa shape index (κ3) is 2.73. The normalized spacial score (nSPS) is 12.5. The molecule has 0 bridgehead atoms. The molecule has 2 aromatic heterocycles. The van der Waals surface area contributed by atoms with Crippen molar-refractivity contribution in [1.29, 1.82) is 0 Å². The molecule has 0 amide bonds. The van der Waals surface area contributed by atoms with Gasteiger partial charge in [-0.2, -0.15) is 5.10 Å². The molecule has 1 atom stereocenters. The van der Waals surface area contributed by atoms with Crippen LogP contribution in [0.5, 0.6) is 0 Å². The number of nitrogens with zero attached hydrogens (tertiary/aromatic N) is 2. The molecule has 0 aliphatic heterocycles. The monoisotopic (exact) mass is 301 g/mol. The van der Waals surface area contributed by atoms with Crippen LogP contribution in [0, 0.1) is 0 Å². The second-order valence-corrected chi connectivity index (χ2v) is 4.99. The van der Waals surface area contributed by atoms with E-state index in [0.29, 0.717) is 5.22 Å². The highest BCUT2D eigenvalue weighted by Crippen LogP contribution is 2.30. The van der Waals surface area contributed by atoms with E-state index >= 15 is 0 Å². The van der Waals surface area contributed by atoms with Crippen molar-refractivity contribution in [2.75, 3.05) is 6.54 Å². The molecule has 3 aromatic rings. The summed E-state index contributed by atoms with van der Waals surface area (Å²) in [5.74, 6) is 0. The molecule has 0 spiro atoms. The van der Waals surface area contributed by atoms with Gasteiger partial charge in [-0.15, -0.1) is 0 Å². The molecule has 4 nitrogen and oxygen atoms in total. The molecule has 108 valence electrons. The molecular weight excluding hydrogens is 286 g/mol. The maximum absolute atomic E-state index is 6.15. The van der Waals surface area contributed by atoms with Gasteiger partial charge in [0.05, 0.1) is 23.7 Å². The van der Waals surface area contributed by atoms with Crippen molar-refractivity contribution in [1.82, 2.24) is 15.1 Å².